The Kier molecular flexibility index (Phi) is 1.87. The molecule has 0 aromatic heterocycles. The van der Waals surface area contributed by atoms with Crippen molar-refractivity contribution in [3.63, 3.8) is 0 Å². The predicted molar refractivity (Wildman–Crippen MR) is 58.1 cm³/mol. The van der Waals surface area contributed by atoms with Crippen LogP contribution in [0.25, 0.3) is 0 Å². The summed E-state index contributed by atoms with van der Waals surface area (Å²) in [5.41, 5.74) is 0.624. The van der Waals surface area contributed by atoms with E-state index in [-0.39, 0.29) is 10.8 Å². The zero-order chi connectivity index (χ0) is 10.7. The second-order valence-corrected chi connectivity index (χ2v) is 6.94. The average Bonchev–Trinajstić information content (AvgIpc) is 2.14. The van der Waals surface area contributed by atoms with Crippen molar-refractivity contribution in [3.8, 4) is 0 Å². The van der Waals surface area contributed by atoms with Gasteiger partial charge >= 0.3 is 0 Å². The minimum atomic E-state index is 0.127. The van der Waals surface area contributed by atoms with E-state index in [0.29, 0.717) is 18.6 Å². The summed E-state index contributed by atoms with van der Waals surface area (Å²) >= 11 is 0. The van der Waals surface area contributed by atoms with E-state index in [1.807, 2.05) is 0 Å². The highest BCUT2D eigenvalue weighted by molar-refractivity contribution is 5.21. The second-order valence-electron chi connectivity index (χ2n) is 6.94. The van der Waals surface area contributed by atoms with Gasteiger partial charge in [0.05, 0.1) is 0 Å². The van der Waals surface area contributed by atoms with E-state index in [9.17, 15) is 10.2 Å². The Balaban J connectivity index is 2.00. The quantitative estimate of drug-likeness (QED) is 0.729. The molecule has 0 saturated heterocycles. The highest BCUT2D eigenvalue weighted by atomic mass is 16.3. The summed E-state index contributed by atoms with van der Waals surface area (Å²) in [7, 11) is 0. The number of hydrogen-bond donors (Lipinski definition) is 2. The van der Waals surface area contributed by atoms with Crippen molar-refractivity contribution >= 4 is 0 Å². The van der Waals surface area contributed by atoms with Crippen molar-refractivity contribution in [2.75, 3.05) is 13.2 Å². The standard InChI is InChI=1S/C13H21O2/c1-11-2-10-3-12(5-11,8-14)7-13(4-10,6-11)9-15/h14-15H,2-9H2,1H3. The predicted octanol–water partition coefficient (Wildman–Crippen LogP) is 1.91. The third-order valence-electron chi connectivity index (χ3n) is 4.95. The Morgan fingerprint density at radius 1 is 0.933 bits per heavy atom. The Bertz CT molecular complexity index is 266. The summed E-state index contributed by atoms with van der Waals surface area (Å²) in [4.78, 5) is 0. The summed E-state index contributed by atoms with van der Waals surface area (Å²) < 4.78 is 0. The smallest absolute Gasteiger partial charge is 0.0488 e. The van der Waals surface area contributed by atoms with Crippen LogP contribution in [0.4, 0.5) is 0 Å². The molecule has 2 unspecified atom stereocenters. The summed E-state index contributed by atoms with van der Waals surface area (Å²) in [6.45, 7) is 2.97. The second kappa shape index (κ2) is 2.78. The van der Waals surface area contributed by atoms with Crippen molar-refractivity contribution in [1.29, 1.82) is 0 Å². The maximum absolute atomic E-state index is 9.66. The van der Waals surface area contributed by atoms with Crippen LogP contribution in [0.3, 0.4) is 0 Å². The fraction of sp³-hybridized carbons (Fsp3) is 0.923. The molecule has 85 valence electrons. The van der Waals surface area contributed by atoms with Crippen molar-refractivity contribution in [3.05, 3.63) is 5.92 Å². The summed E-state index contributed by atoms with van der Waals surface area (Å²) in [6, 6.07) is 0. The van der Waals surface area contributed by atoms with E-state index < -0.39 is 0 Å². The van der Waals surface area contributed by atoms with Gasteiger partial charge in [0, 0.05) is 13.2 Å². The van der Waals surface area contributed by atoms with Crippen LogP contribution in [0.1, 0.15) is 45.4 Å². The molecule has 0 spiro atoms. The van der Waals surface area contributed by atoms with Crippen LogP contribution in [-0.4, -0.2) is 23.4 Å². The van der Waals surface area contributed by atoms with E-state index in [0.717, 1.165) is 19.3 Å². The minimum Gasteiger partial charge on any atom is -0.396 e. The molecule has 2 heteroatoms. The van der Waals surface area contributed by atoms with Gasteiger partial charge in [-0.05, 0) is 60.7 Å². The zero-order valence-corrected chi connectivity index (χ0v) is 9.55. The maximum Gasteiger partial charge on any atom is 0.0488 e. The first-order chi connectivity index (χ1) is 7.03. The van der Waals surface area contributed by atoms with Crippen LogP contribution in [0.2, 0.25) is 0 Å². The van der Waals surface area contributed by atoms with Gasteiger partial charge in [0.15, 0.2) is 0 Å². The third-order valence-corrected chi connectivity index (χ3v) is 4.95. The topological polar surface area (TPSA) is 40.5 Å². The molecule has 2 N–H and O–H groups in total. The molecule has 4 aliphatic rings. The van der Waals surface area contributed by atoms with E-state index >= 15 is 0 Å². The van der Waals surface area contributed by atoms with E-state index in [1.165, 1.54) is 19.3 Å². The molecule has 0 heterocycles. The first kappa shape index (κ1) is 10.1. The van der Waals surface area contributed by atoms with Gasteiger partial charge < -0.3 is 10.2 Å². The van der Waals surface area contributed by atoms with Gasteiger partial charge in [-0.3, -0.25) is 0 Å². The lowest BCUT2D eigenvalue weighted by molar-refractivity contribution is -0.138. The average molecular weight is 209 g/mol. The molecule has 4 aliphatic carbocycles. The van der Waals surface area contributed by atoms with Gasteiger partial charge in [-0.1, -0.05) is 6.92 Å². The van der Waals surface area contributed by atoms with Crippen LogP contribution in [-0.2, 0) is 0 Å². The molecule has 2 atom stereocenters. The zero-order valence-electron chi connectivity index (χ0n) is 9.55. The Hall–Kier alpha value is -0.0800. The van der Waals surface area contributed by atoms with Crippen LogP contribution in [0, 0.1) is 22.2 Å². The molecule has 2 nitrogen and oxygen atoms in total. The normalized spacial score (nSPS) is 53.8. The van der Waals surface area contributed by atoms with Gasteiger partial charge in [0.2, 0.25) is 0 Å². The Morgan fingerprint density at radius 3 is 1.87 bits per heavy atom. The molecule has 0 aliphatic heterocycles. The molecule has 4 saturated carbocycles. The fourth-order valence-corrected chi connectivity index (χ4v) is 5.36. The molecule has 15 heavy (non-hydrogen) atoms. The summed E-state index contributed by atoms with van der Waals surface area (Å²) in [5, 5.41) is 19.3. The molecule has 0 aromatic carbocycles. The lowest BCUT2D eigenvalue weighted by Crippen LogP contribution is -2.57. The van der Waals surface area contributed by atoms with Crippen LogP contribution in [0.5, 0.6) is 0 Å². The first-order valence-electron chi connectivity index (χ1n) is 6.08. The summed E-state index contributed by atoms with van der Waals surface area (Å²) in [6.07, 6.45) is 6.88. The number of hydrogen-bond acceptors (Lipinski definition) is 2. The molecular formula is C13H21O2. The number of aliphatic hydroxyl groups is 2. The van der Waals surface area contributed by atoms with Crippen molar-refractivity contribution in [2.45, 2.75) is 45.4 Å². The van der Waals surface area contributed by atoms with E-state index in [1.54, 1.807) is 5.92 Å². The molecular weight excluding hydrogens is 188 g/mol. The Morgan fingerprint density at radius 2 is 1.47 bits per heavy atom. The Labute approximate surface area is 91.7 Å². The largest absolute Gasteiger partial charge is 0.396 e. The molecule has 4 bridgehead atoms. The monoisotopic (exact) mass is 209 g/mol. The highest BCUT2D eigenvalue weighted by Crippen LogP contribution is 2.69. The SMILES string of the molecule is CC12C[C]3CC(CO)(C1)CC(CO)(C3)C2. The van der Waals surface area contributed by atoms with Gasteiger partial charge in [-0.25, -0.2) is 0 Å². The van der Waals surface area contributed by atoms with E-state index in [4.69, 9.17) is 0 Å². The first-order valence-corrected chi connectivity index (χ1v) is 6.08. The molecule has 0 aromatic rings. The van der Waals surface area contributed by atoms with Crippen LogP contribution < -0.4 is 0 Å². The third kappa shape index (κ3) is 1.31. The van der Waals surface area contributed by atoms with Crippen LogP contribution in [0.15, 0.2) is 0 Å². The molecule has 1 radical (unpaired) electrons. The van der Waals surface area contributed by atoms with Crippen LogP contribution >= 0.6 is 0 Å². The van der Waals surface area contributed by atoms with E-state index in [2.05, 4.69) is 6.92 Å². The van der Waals surface area contributed by atoms with Gasteiger partial charge in [-0.15, -0.1) is 0 Å². The maximum atomic E-state index is 9.66. The molecule has 0 amide bonds. The number of rotatable bonds is 2. The summed E-state index contributed by atoms with van der Waals surface area (Å²) in [5.74, 6) is 1.62. The molecule has 4 fully saturated rings. The van der Waals surface area contributed by atoms with Gasteiger partial charge in [0.25, 0.3) is 0 Å². The van der Waals surface area contributed by atoms with Crippen molar-refractivity contribution in [1.82, 2.24) is 0 Å². The van der Waals surface area contributed by atoms with Crippen molar-refractivity contribution in [2.24, 2.45) is 16.2 Å². The van der Waals surface area contributed by atoms with Gasteiger partial charge in [-0.2, -0.15) is 0 Å². The minimum absolute atomic E-state index is 0.127. The lowest BCUT2D eigenvalue weighted by atomic mass is 9.40. The fourth-order valence-electron chi connectivity index (χ4n) is 5.36. The molecule has 4 rings (SSSR count). The van der Waals surface area contributed by atoms with Crippen molar-refractivity contribution < 1.29 is 10.2 Å². The lowest BCUT2D eigenvalue weighted by Gasteiger charge is -2.65. The number of aliphatic hydroxyl groups excluding tert-OH is 2. The van der Waals surface area contributed by atoms with Gasteiger partial charge in [0.1, 0.15) is 0 Å². The highest BCUT2D eigenvalue weighted by Gasteiger charge is 2.61.